The number of likely N-dealkylation sites (tertiary alicyclic amines) is 1. The van der Waals surface area contributed by atoms with Crippen molar-refractivity contribution in [2.75, 3.05) is 19.6 Å². The SMILES string of the molecule is C=C/C=C(\C)CN1C(=O)NC2(CCN(C(C)c3ccc4scnc4c3)CC2)C1=O. The number of carbonyl (C=O) groups is 2. The fourth-order valence-electron chi connectivity index (χ4n) is 4.30. The lowest BCUT2D eigenvalue weighted by molar-refractivity contribution is -0.132. The maximum Gasteiger partial charge on any atom is 0.325 e. The molecule has 1 atom stereocenters. The van der Waals surface area contributed by atoms with E-state index in [1.165, 1.54) is 15.2 Å². The van der Waals surface area contributed by atoms with Gasteiger partial charge in [-0.05, 0) is 44.4 Å². The minimum atomic E-state index is -0.763. The van der Waals surface area contributed by atoms with Crippen LogP contribution in [0.1, 0.15) is 38.3 Å². The average molecular weight is 411 g/mol. The number of hydrogen-bond donors (Lipinski definition) is 1. The molecule has 1 aromatic heterocycles. The molecule has 2 aliphatic rings. The van der Waals surface area contributed by atoms with E-state index < -0.39 is 5.54 Å². The number of hydrogen-bond acceptors (Lipinski definition) is 5. The van der Waals surface area contributed by atoms with Crippen LogP contribution in [0, 0.1) is 0 Å². The largest absolute Gasteiger partial charge is 0.325 e. The molecule has 0 radical (unpaired) electrons. The molecule has 6 nitrogen and oxygen atoms in total. The summed E-state index contributed by atoms with van der Waals surface area (Å²) < 4.78 is 1.19. The van der Waals surface area contributed by atoms with E-state index in [0.29, 0.717) is 19.4 Å². The van der Waals surface area contributed by atoms with Gasteiger partial charge in [0.2, 0.25) is 0 Å². The zero-order chi connectivity index (χ0) is 20.6. The molecule has 1 spiro atoms. The van der Waals surface area contributed by atoms with E-state index in [1.54, 1.807) is 17.4 Å². The molecule has 1 unspecified atom stereocenters. The smallest absolute Gasteiger partial charge is 0.323 e. The second-order valence-electron chi connectivity index (χ2n) is 7.94. The first-order valence-electron chi connectivity index (χ1n) is 9.93. The number of urea groups is 1. The summed E-state index contributed by atoms with van der Waals surface area (Å²) in [6.07, 6.45) is 4.75. The van der Waals surface area contributed by atoms with Crippen LogP contribution in [0.5, 0.6) is 0 Å². The number of allylic oxidation sites excluding steroid dienone is 2. The number of rotatable bonds is 5. The first-order chi connectivity index (χ1) is 13.9. The summed E-state index contributed by atoms with van der Waals surface area (Å²) in [7, 11) is 0. The van der Waals surface area contributed by atoms with Gasteiger partial charge in [0.05, 0.1) is 22.3 Å². The minimum Gasteiger partial charge on any atom is -0.323 e. The van der Waals surface area contributed by atoms with E-state index in [-0.39, 0.29) is 18.0 Å². The topological polar surface area (TPSA) is 65.5 Å². The third kappa shape index (κ3) is 3.60. The molecule has 7 heteroatoms. The highest BCUT2D eigenvalue weighted by molar-refractivity contribution is 7.16. The van der Waals surface area contributed by atoms with Crippen LogP contribution in [0.2, 0.25) is 0 Å². The number of thiazole rings is 1. The first kappa shape index (κ1) is 19.8. The van der Waals surface area contributed by atoms with Crippen molar-refractivity contribution in [3.8, 4) is 0 Å². The Morgan fingerprint density at radius 2 is 2.14 bits per heavy atom. The van der Waals surface area contributed by atoms with Gasteiger partial charge in [0, 0.05) is 19.1 Å². The summed E-state index contributed by atoms with van der Waals surface area (Å²) in [4.78, 5) is 33.7. The molecule has 152 valence electrons. The number of carbonyl (C=O) groups excluding carboxylic acids is 2. The summed E-state index contributed by atoms with van der Waals surface area (Å²) in [6.45, 7) is 9.60. The molecule has 2 fully saturated rings. The van der Waals surface area contributed by atoms with Crippen LogP contribution >= 0.6 is 11.3 Å². The first-order valence-corrected chi connectivity index (χ1v) is 10.8. The molecule has 3 heterocycles. The van der Waals surface area contributed by atoms with Crippen molar-refractivity contribution >= 4 is 33.5 Å². The molecule has 3 amide bonds. The fraction of sp³-hybridized carbons (Fsp3) is 0.409. The van der Waals surface area contributed by atoms with Crippen molar-refractivity contribution in [1.82, 2.24) is 20.1 Å². The van der Waals surface area contributed by atoms with Crippen molar-refractivity contribution in [2.24, 2.45) is 0 Å². The Labute approximate surface area is 174 Å². The molecule has 1 N–H and O–H groups in total. The lowest BCUT2D eigenvalue weighted by Gasteiger charge is -2.40. The van der Waals surface area contributed by atoms with Gasteiger partial charge in [-0.1, -0.05) is 30.4 Å². The lowest BCUT2D eigenvalue weighted by atomic mass is 9.86. The summed E-state index contributed by atoms with van der Waals surface area (Å²) in [5.74, 6) is -0.101. The number of nitrogens with one attached hydrogen (secondary N) is 1. The van der Waals surface area contributed by atoms with Gasteiger partial charge in [0.25, 0.3) is 5.91 Å². The van der Waals surface area contributed by atoms with Crippen LogP contribution < -0.4 is 5.32 Å². The zero-order valence-electron chi connectivity index (χ0n) is 16.9. The van der Waals surface area contributed by atoms with E-state index in [1.807, 2.05) is 18.5 Å². The maximum absolute atomic E-state index is 13.1. The molecule has 2 saturated heterocycles. The molecule has 29 heavy (non-hydrogen) atoms. The van der Waals surface area contributed by atoms with Crippen LogP contribution in [0.4, 0.5) is 4.79 Å². The Morgan fingerprint density at radius 1 is 1.38 bits per heavy atom. The van der Waals surface area contributed by atoms with Crippen LogP contribution in [0.3, 0.4) is 0 Å². The quantitative estimate of drug-likeness (QED) is 0.600. The summed E-state index contributed by atoms with van der Waals surface area (Å²) in [6, 6.07) is 6.39. The molecule has 2 aliphatic heterocycles. The predicted molar refractivity (Wildman–Crippen MR) is 116 cm³/mol. The van der Waals surface area contributed by atoms with Gasteiger partial charge in [-0.25, -0.2) is 9.78 Å². The number of fused-ring (bicyclic) bond motifs is 1. The Balaban J connectivity index is 1.44. The fourth-order valence-corrected chi connectivity index (χ4v) is 4.96. The molecular formula is C22H26N4O2S. The average Bonchev–Trinajstić information content (AvgIpc) is 3.27. The summed E-state index contributed by atoms with van der Waals surface area (Å²) in [5.41, 5.74) is 4.30. The van der Waals surface area contributed by atoms with Gasteiger partial charge in [-0.2, -0.15) is 0 Å². The van der Waals surface area contributed by atoms with Crippen LogP contribution in [0.15, 0.2) is 48.0 Å². The second-order valence-corrected chi connectivity index (χ2v) is 8.83. The van der Waals surface area contributed by atoms with Crippen LogP contribution in [-0.4, -0.2) is 51.9 Å². The summed E-state index contributed by atoms with van der Waals surface area (Å²) in [5, 5.41) is 2.99. The lowest BCUT2D eigenvalue weighted by Crippen LogP contribution is -2.55. The number of imide groups is 1. The zero-order valence-corrected chi connectivity index (χ0v) is 17.7. The molecule has 1 aromatic carbocycles. The van der Waals surface area contributed by atoms with Crippen molar-refractivity contribution in [2.45, 2.75) is 38.3 Å². The Morgan fingerprint density at radius 3 is 2.86 bits per heavy atom. The van der Waals surface area contributed by atoms with Crippen molar-refractivity contribution in [3.63, 3.8) is 0 Å². The van der Waals surface area contributed by atoms with E-state index in [0.717, 1.165) is 24.2 Å². The van der Waals surface area contributed by atoms with Crippen LogP contribution in [-0.2, 0) is 4.79 Å². The van der Waals surface area contributed by atoms with E-state index in [9.17, 15) is 9.59 Å². The monoisotopic (exact) mass is 410 g/mol. The molecule has 0 saturated carbocycles. The van der Waals surface area contributed by atoms with Gasteiger partial charge >= 0.3 is 6.03 Å². The van der Waals surface area contributed by atoms with E-state index in [2.05, 4.69) is 46.9 Å². The van der Waals surface area contributed by atoms with E-state index in [4.69, 9.17) is 0 Å². The Bertz CT molecular complexity index is 988. The molecular weight excluding hydrogens is 384 g/mol. The highest BCUT2D eigenvalue weighted by Gasteiger charge is 2.52. The van der Waals surface area contributed by atoms with Gasteiger partial charge in [0.15, 0.2) is 0 Å². The number of nitrogens with zero attached hydrogens (tertiary/aromatic N) is 3. The molecule has 2 aromatic rings. The third-order valence-electron chi connectivity index (χ3n) is 6.09. The molecule has 4 rings (SSSR count). The van der Waals surface area contributed by atoms with Gasteiger partial charge in [-0.15, -0.1) is 11.3 Å². The standard InChI is InChI=1S/C22H26N4O2S/c1-4-5-15(2)13-26-20(27)22(24-21(26)28)8-10-25(11-9-22)16(3)17-6-7-19-18(12-17)23-14-29-19/h4-7,12,14,16H,1,8-11,13H2,2-3H3,(H,24,28)/b15-5+. The number of benzene rings is 1. The highest BCUT2D eigenvalue weighted by Crippen LogP contribution is 2.34. The number of aromatic nitrogens is 1. The van der Waals surface area contributed by atoms with Gasteiger partial charge < -0.3 is 5.32 Å². The minimum absolute atomic E-state index is 0.101. The predicted octanol–water partition coefficient (Wildman–Crippen LogP) is 3.88. The maximum atomic E-state index is 13.1. The Kier molecular flexibility index (Phi) is 5.27. The molecule has 0 bridgehead atoms. The molecule has 0 aliphatic carbocycles. The Hall–Kier alpha value is -2.51. The number of piperidine rings is 1. The van der Waals surface area contributed by atoms with Crippen LogP contribution in [0.25, 0.3) is 10.2 Å². The second kappa shape index (κ2) is 7.72. The van der Waals surface area contributed by atoms with Crippen molar-refractivity contribution in [1.29, 1.82) is 0 Å². The number of amides is 3. The normalized spacial score (nSPS) is 21.0. The van der Waals surface area contributed by atoms with Crippen molar-refractivity contribution in [3.05, 3.63) is 53.6 Å². The third-order valence-corrected chi connectivity index (χ3v) is 6.90. The van der Waals surface area contributed by atoms with Gasteiger partial charge in [-0.3, -0.25) is 14.6 Å². The summed E-state index contributed by atoms with van der Waals surface area (Å²) >= 11 is 1.65. The van der Waals surface area contributed by atoms with E-state index >= 15 is 0 Å². The van der Waals surface area contributed by atoms with Gasteiger partial charge in [0.1, 0.15) is 5.54 Å². The van der Waals surface area contributed by atoms with Crippen molar-refractivity contribution < 1.29 is 9.59 Å². The highest BCUT2D eigenvalue weighted by atomic mass is 32.1.